The summed E-state index contributed by atoms with van der Waals surface area (Å²) >= 11 is 0. The summed E-state index contributed by atoms with van der Waals surface area (Å²) < 4.78 is 13.5. The van der Waals surface area contributed by atoms with Gasteiger partial charge in [0.05, 0.1) is 24.4 Å². The van der Waals surface area contributed by atoms with Crippen LogP contribution in [0.1, 0.15) is 66.6 Å². The molecule has 1 aromatic carbocycles. The average molecular weight is 454 g/mol. The summed E-state index contributed by atoms with van der Waals surface area (Å²) in [5.74, 6) is 1.41. The smallest absolute Gasteiger partial charge is 0.253 e. The van der Waals surface area contributed by atoms with E-state index >= 15 is 0 Å². The molecule has 1 amide bonds. The molecule has 2 aliphatic heterocycles. The molecule has 0 saturated carbocycles. The number of aromatic nitrogens is 1. The van der Waals surface area contributed by atoms with Crippen LogP contribution >= 0.6 is 0 Å². The fourth-order valence-corrected chi connectivity index (χ4v) is 5.25. The van der Waals surface area contributed by atoms with E-state index in [4.69, 9.17) is 9.47 Å². The van der Waals surface area contributed by atoms with Gasteiger partial charge in [-0.15, -0.1) is 0 Å². The molecule has 33 heavy (non-hydrogen) atoms. The molecular weight excluding hydrogens is 418 g/mol. The zero-order valence-corrected chi connectivity index (χ0v) is 20.4. The highest BCUT2D eigenvalue weighted by molar-refractivity contribution is 5.95. The Bertz CT molecular complexity index is 1030. The van der Waals surface area contributed by atoms with Crippen molar-refractivity contribution in [2.75, 3.05) is 33.8 Å². The Labute approximate surface area is 196 Å². The minimum absolute atomic E-state index is 0.00921. The predicted molar refractivity (Wildman–Crippen MR) is 127 cm³/mol. The Morgan fingerprint density at radius 3 is 2.39 bits per heavy atom. The number of hydrogen-bond donors (Lipinski definition) is 0. The van der Waals surface area contributed by atoms with Crippen molar-refractivity contribution < 1.29 is 19.1 Å². The van der Waals surface area contributed by atoms with Crippen molar-refractivity contribution in [2.24, 2.45) is 0 Å². The number of amides is 1. The number of nitrogens with zero attached hydrogens (tertiary/aromatic N) is 3. The van der Waals surface area contributed by atoms with E-state index in [1.54, 1.807) is 13.2 Å². The number of ketones is 1. The van der Waals surface area contributed by atoms with Gasteiger partial charge in [-0.25, -0.2) is 0 Å². The number of likely N-dealkylation sites (N-methyl/N-ethyl adjacent to an activating group) is 1. The molecule has 7 nitrogen and oxygen atoms in total. The third-order valence-electron chi connectivity index (χ3n) is 7.11. The molecule has 0 aliphatic carbocycles. The highest BCUT2D eigenvalue weighted by Crippen LogP contribution is 2.42. The molecule has 1 aromatic heterocycles. The highest BCUT2D eigenvalue weighted by atomic mass is 16.5. The van der Waals surface area contributed by atoms with Gasteiger partial charge in [0.2, 0.25) is 0 Å². The molecule has 0 atom stereocenters. The maximum Gasteiger partial charge on any atom is 0.253 e. The van der Waals surface area contributed by atoms with Crippen LogP contribution in [0, 0.1) is 0 Å². The van der Waals surface area contributed by atoms with Crippen molar-refractivity contribution >= 4 is 11.7 Å². The number of benzene rings is 1. The number of piperidine rings is 1. The van der Waals surface area contributed by atoms with E-state index in [0.29, 0.717) is 36.6 Å². The fourth-order valence-electron chi connectivity index (χ4n) is 5.25. The van der Waals surface area contributed by atoms with Gasteiger partial charge in [-0.3, -0.25) is 14.5 Å². The number of Topliss-reactive ketones (excluding diaryl/α,β-unsaturated/α-hetero) is 1. The van der Waals surface area contributed by atoms with Gasteiger partial charge in [0.25, 0.3) is 5.91 Å². The van der Waals surface area contributed by atoms with Gasteiger partial charge < -0.3 is 18.9 Å². The van der Waals surface area contributed by atoms with Crippen LogP contribution in [-0.2, 0) is 12.1 Å². The van der Waals surface area contributed by atoms with Crippen molar-refractivity contribution in [1.82, 2.24) is 14.4 Å². The van der Waals surface area contributed by atoms with Gasteiger partial charge in [-0.1, -0.05) is 6.92 Å². The largest absolute Gasteiger partial charge is 0.493 e. The van der Waals surface area contributed by atoms with Gasteiger partial charge in [-0.2, -0.15) is 0 Å². The first kappa shape index (κ1) is 23.4. The zero-order chi connectivity index (χ0) is 23.8. The second-order valence-electron chi connectivity index (χ2n) is 9.31. The second kappa shape index (κ2) is 9.21. The molecule has 178 valence electrons. The lowest BCUT2D eigenvalue weighted by Gasteiger charge is -2.50. The minimum Gasteiger partial charge on any atom is -0.493 e. The average Bonchev–Trinajstić information content (AvgIpc) is 3.26. The van der Waals surface area contributed by atoms with Crippen molar-refractivity contribution in [3.8, 4) is 11.5 Å². The summed E-state index contributed by atoms with van der Waals surface area (Å²) in [6.07, 6.45) is 2.22. The van der Waals surface area contributed by atoms with Gasteiger partial charge >= 0.3 is 0 Å². The molecule has 2 aromatic rings. The van der Waals surface area contributed by atoms with Crippen molar-refractivity contribution in [3.63, 3.8) is 0 Å². The fraction of sp³-hybridized carbons (Fsp3) is 0.538. The van der Waals surface area contributed by atoms with Gasteiger partial charge in [-0.05, 0) is 64.1 Å². The molecule has 2 aliphatic rings. The molecule has 0 N–H and O–H groups in total. The summed E-state index contributed by atoms with van der Waals surface area (Å²) in [5, 5.41) is 0. The van der Waals surface area contributed by atoms with E-state index in [1.807, 2.05) is 43.9 Å². The van der Waals surface area contributed by atoms with Crippen molar-refractivity contribution in [1.29, 1.82) is 0 Å². The number of ether oxygens (including phenoxy) is 2. The molecule has 7 heteroatoms. The Hall–Kier alpha value is -2.80. The monoisotopic (exact) mass is 453 g/mol. The summed E-state index contributed by atoms with van der Waals surface area (Å²) in [6, 6.07) is 9.49. The number of likely N-dealkylation sites (tertiary alicyclic amines) is 1. The Kier molecular flexibility index (Phi) is 6.52. The third-order valence-corrected chi connectivity index (χ3v) is 7.11. The van der Waals surface area contributed by atoms with Crippen LogP contribution in [0.5, 0.6) is 11.5 Å². The third kappa shape index (κ3) is 4.14. The van der Waals surface area contributed by atoms with E-state index in [9.17, 15) is 9.59 Å². The maximum atomic E-state index is 13.3. The SMILES string of the molecule is CCC(=O)c1ccc2n1CCN(C)C21CCN(C(=O)c2ccc(OC(C)C)c(OC)c2)CC1. The minimum atomic E-state index is -0.145. The normalized spacial score (nSPS) is 17.8. The van der Waals surface area contributed by atoms with E-state index in [2.05, 4.69) is 22.6 Å². The molecule has 3 heterocycles. The van der Waals surface area contributed by atoms with Crippen LogP contribution in [0.3, 0.4) is 0 Å². The highest BCUT2D eigenvalue weighted by Gasteiger charge is 2.45. The second-order valence-corrected chi connectivity index (χ2v) is 9.31. The van der Waals surface area contributed by atoms with Crippen LogP contribution < -0.4 is 9.47 Å². The van der Waals surface area contributed by atoms with E-state index in [-0.39, 0.29) is 23.3 Å². The molecule has 1 spiro atoms. The topological polar surface area (TPSA) is 64.0 Å². The van der Waals surface area contributed by atoms with Gasteiger partial charge in [0.15, 0.2) is 17.3 Å². The summed E-state index contributed by atoms with van der Waals surface area (Å²) in [4.78, 5) is 30.1. The Balaban J connectivity index is 1.53. The zero-order valence-electron chi connectivity index (χ0n) is 20.4. The lowest BCUT2D eigenvalue weighted by molar-refractivity contribution is 0.0127. The number of fused-ring (bicyclic) bond motifs is 2. The summed E-state index contributed by atoms with van der Waals surface area (Å²) in [7, 11) is 3.75. The number of rotatable bonds is 6. The molecule has 0 radical (unpaired) electrons. The molecule has 4 rings (SSSR count). The number of carbonyl (C=O) groups excluding carboxylic acids is 2. The number of methoxy groups -OCH3 is 1. The van der Waals surface area contributed by atoms with Crippen LogP contribution in [0.15, 0.2) is 30.3 Å². The lowest BCUT2D eigenvalue weighted by Crippen LogP contribution is -2.56. The van der Waals surface area contributed by atoms with E-state index in [1.165, 1.54) is 5.69 Å². The first-order valence-corrected chi connectivity index (χ1v) is 11.9. The molecule has 0 bridgehead atoms. The van der Waals surface area contributed by atoms with Gasteiger partial charge in [0, 0.05) is 43.9 Å². The van der Waals surface area contributed by atoms with E-state index < -0.39 is 0 Å². The van der Waals surface area contributed by atoms with Crippen LogP contribution in [0.25, 0.3) is 0 Å². The van der Waals surface area contributed by atoms with Crippen LogP contribution in [-0.4, -0.2) is 66.0 Å². The number of carbonyl (C=O) groups is 2. The van der Waals surface area contributed by atoms with Crippen LogP contribution in [0.4, 0.5) is 0 Å². The summed E-state index contributed by atoms with van der Waals surface area (Å²) in [5.41, 5.74) is 2.48. The summed E-state index contributed by atoms with van der Waals surface area (Å²) in [6.45, 7) is 8.89. The van der Waals surface area contributed by atoms with E-state index in [0.717, 1.165) is 31.6 Å². The van der Waals surface area contributed by atoms with Crippen LogP contribution in [0.2, 0.25) is 0 Å². The van der Waals surface area contributed by atoms with Gasteiger partial charge in [0.1, 0.15) is 0 Å². The standard InChI is InChI=1S/C26H35N3O4/c1-6-21(30)20-8-10-24-26(27(4)15-16-29(20)24)11-13-28(14-12-26)25(31)19-7-9-22(33-18(2)3)23(17-19)32-5/h7-10,17-18H,6,11-16H2,1-5H3. The quantitative estimate of drug-likeness (QED) is 0.620. The number of hydrogen-bond acceptors (Lipinski definition) is 5. The molecular formula is C26H35N3O4. The Morgan fingerprint density at radius 2 is 1.76 bits per heavy atom. The molecule has 1 saturated heterocycles. The maximum absolute atomic E-state index is 13.3. The first-order chi connectivity index (χ1) is 15.8. The lowest BCUT2D eigenvalue weighted by atomic mass is 9.81. The Morgan fingerprint density at radius 1 is 1.03 bits per heavy atom. The molecule has 1 fully saturated rings. The first-order valence-electron chi connectivity index (χ1n) is 11.9. The molecule has 0 unspecified atom stereocenters. The predicted octanol–water partition coefficient (Wildman–Crippen LogP) is 3.95. The van der Waals surface area contributed by atoms with Crippen molar-refractivity contribution in [3.05, 3.63) is 47.3 Å². The van der Waals surface area contributed by atoms with Crippen molar-refractivity contribution in [2.45, 2.75) is 58.2 Å².